The monoisotopic (exact) mass is 328 g/mol. The average molecular weight is 328 g/mol. The summed E-state index contributed by atoms with van der Waals surface area (Å²) in [7, 11) is 0. The van der Waals surface area contributed by atoms with Gasteiger partial charge in [-0.25, -0.2) is 9.18 Å². The van der Waals surface area contributed by atoms with Crippen molar-refractivity contribution >= 4 is 17.4 Å². The Bertz CT molecular complexity index is 796. The van der Waals surface area contributed by atoms with Crippen molar-refractivity contribution in [1.29, 1.82) is 0 Å². The Balaban J connectivity index is 1.91. The van der Waals surface area contributed by atoms with Crippen LogP contribution in [0.25, 0.3) is 0 Å². The van der Waals surface area contributed by atoms with Gasteiger partial charge in [-0.3, -0.25) is 14.8 Å². The molecule has 0 saturated carbocycles. The number of aromatic nitrogens is 1. The third-order valence-electron chi connectivity index (χ3n) is 4.21. The summed E-state index contributed by atoms with van der Waals surface area (Å²) in [6.07, 6.45) is 3.34. The van der Waals surface area contributed by atoms with E-state index in [1.807, 2.05) is 13.0 Å². The van der Waals surface area contributed by atoms with Crippen LogP contribution >= 0.6 is 0 Å². The van der Waals surface area contributed by atoms with E-state index in [9.17, 15) is 14.1 Å². The van der Waals surface area contributed by atoms with Crippen LogP contribution in [0.5, 0.6) is 0 Å². The molecule has 0 aliphatic carbocycles. The van der Waals surface area contributed by atoms with Gasteiger partial charge >= 0.3 is 6.03 Å². The number of hydrogen-bond donors (Lipinski definition) is 0. The lowest BCUT2D eigenvalue weighted by molar-refractivity contribution is 0.256. The van der Waals surface area contributed by atoms with Crippen LogP contribution in [0.15, 0.2) is 41.8 Å². The van der Waals surface area contributed by atoms with E-state index in [1.54, 1.807) is 22.2 Å². The first-order valence-corrected chi connectivity index (χ1v) is 7.64. The molecule has 1 aliphatic rings. The third kappa shape index (κ3) is 2.73. The second kappa shape index (κ2) is 6.35. The Labute approximate surface area is 138 Å². The van der Waals surface area contributed by atoms with E-state index in [0.29, 0.717) is 18.8 Å². The first-order chi connectivity index (χ1) is 11.5. The van der Waals surface area contributed by atoms with Crippen molar-refractivity contribution in [3.8, 4) is 0 Å². The summed E-state index contributed by atoms with van der Waals surface area (Å²) in [5.74, 6) is -0.502. The van der Waals surface area contributed by atoms with Crippen LogP contribution < -0.4 is 9.80 Å². The van der Waals surface area contributed by atoms with E-state index < -0.39 is 11.9 Å². The van der Waals surface area contributed by atoms with Crippen LogP contribution in [0, 0.1) is 17.6 Å². The maximum absolute atomic E-state index is 13.9. The fraction of sp³-hybridized carbons (Fsp3) is 0.294. The molecule has 124 valence electrons. The first kappa shape index (κ1) is 16.0. The molecule has 7 heteroatoms. The molecule has 24 heavy (non-hydrogen) atoms. The molecule has 6 nitrogen and oxygen atoms in total. The number of urea groups is 1. The molecule has 1 unspecified atom stereocenters. The predicted molar refractivity (Wildman–Crippen MR) is 89.7 cm³/mol. The second-order valence-corrected chi connectivity index (χ2v) is 5.74. The SMILES string of the molecule is Cc1ccncc1N1CCN(c2ccc(F)c(C(C)N=O)c2)C1=O. The maximum Gasteiger partial charge on any atom is 0.329 e. The van der Waals surface area contributed by atoms with Crippen molar-refractivity contribution in [2.75, 3.05) is 22.9 Å². The Kier molecular flexibility index (Phi) is 4.24. The van der Waals surface area contributed by atoms with Crippen LogP contribution in [0.3, 0.4) is 0 Å². The standard InChI is InChI=1S/C17H17FN4O2/c1-11-5-6-19-10-16(11)22-8-7-21(17(22)23)13-3-4-15(18)14(9-13)12(2)20-24/h3-6,9-10,12H,7-8H2,1-2H3. The molecular weight excluding hydrogens is 311 g/mol. The molecule has 2 amide bonds. The van der Waals surface area contributed by atoms with E-state index in [4.69, 9.17) is 0 Å². The highest BCUT2D eigenvalue weighted by molar-refractivity contribution is 6.06. The first-order valence-electron chi connectivity index (χ1n) is 7.64. The van der Waals surface area contributed by atoms with Crippen LogP contribution in [0.4, 0.5) is 20.6 Å². The van der Waals surface area contributed by atoms with Crippen LogP contribution in [0.1, 0.15) is 24.1 Å². The van der Waals surface area contributed by atoms with E-state index in [0.717, 1.165) is 11.3 Å². The number of anilines is 2. The normalized spacial score (nSPS) is 15.7. The number of aryl methyl sites for hydroxylation is 1. The molecule has 1 aromatic heterocycles. The summed E-state index contributed by atoms with van der Waals surface area (Å²) in [5.41, 5.74) is 2.45. The summed E-state index contributed by atoms with van der Waals surface area (Å²) in [6, 6.07) is 5.15. The second-order valence-electron chi connectivity index (χ2n) is 5.74. The number of rotatable bonds is 4. The molecule has 0 radical (unpaired) electrons. The summed E-state index contributed by atoms with van der Waals surface area (Å²) >= 11 is 0. The summed E-state index contributed by atoms with van der Waals surface area (Å²) in [4.78, 5) is 30.7. The molecule has 1 saturated heterocycles. The predicted octanol–water partition coefficient (Wildman–Crippen LogP) is 3.80. The number of pyridine rings is 1. The lowest BCUT2D eigenvalue weighted by Gasteiger charge is -2.20. The molecule has 0 bridgehead atoms. The summed E-state index contributed by atoms with van der Waals surface area (Å²) in [6.45, 7) is 4.42. The Morgan fingerprint density at radius 3 is 2.71 bits per heavy atom. The number of benzene rings is 1. The largest absolute Gasteiger partial charge is 0.329 e. The molecule has 1 atom stereocenters. The fourth-order valence-corrected chi connectivity index (χ4v) is 2.81. The van der Waals surface area contributed by atoms with Gasteiger partial charge in [0.05, 0.1) is 11.9 Å². The van der Waals surface area contributed by atoms with Gasteiger partial charge in [0.2, 0.25) is 0 Å². The molecule has 0 N–H and O–H groups in total. The summed E-state index contributed by atoms with van der Waals surface area (Å²) < 4.78 is 13.9. The maximum atomic E-state index is 13.9. The van der Waals surface area contributed by atoms with E-state index >= 15 is 0 Å². The van der Waals surface area contributed by atoms with Crippen molar-refractivity contribution in [3.05, 3.63) is 58.5 Å². The number of hydrogen-bond acceptors (Lipinski definition) is 4. The average Bonchev–Trinajstić information content (AvgIpc) is 2.96. The van der Waals surface area contributed by atoms with E-state index in [2.05, 4.69) is 10.2 Å². The topological polar surface area (TPSA) is 65.9 Å². The van der Waals surface area contributed by atoms with Gasteiger partial charge in [-0.1, -0.05) is 5.18 Å². The molecule has 3 rings (SSSR count). The highest BCUT2D eigenvalue weighted by Crippen LogP contribution is 2.30. The zero-order valence-electron chi connectivity index (χ0n) is 13.4. The minimum atomic E-state index is -0.806. The van der Waals surface area contributed by atoms with Gasteiger partial charge in [0.15, 0.2) is 0 Å². The van der Waals surface area contributed by atoms with Crippen molar-refractivity contribution in [2.24, 2.45) is 5.18 Å². The smallest absolute Gasteiger partial charge is 0.292 e. The van der Waals surface area contributed by atoms with Gasteiger partial charge < -0.3 is 0 Å². The molecule has 2 aromatic rings. The van der Waals surface area contributed by atoms with Gasteiger partial charge in [-0.2, -0.15) is 4.91 Å². The number of halogens is 1. The van der Waals surface area contributed by atoms with Gasteiger partial charge in [0, 0.05) is 30.5 Å². The van der Waals surface area contributed by atoms with Gasteiger partial charge in [0.1, 0.15) is 11.9 Å². The number of amides is 2. The van der Waals surface area contributed by atoms with Crippen molar-refractivity contribution in [1.82, 2.24) is 4.98 Å². The zero-order valence-corrected chi connectivity index (χ0v) is 13.4. The van der Waals surface area contributed by atoms with Crippen molar-refractivity contribution in [2.45, 2.75) is 19.9 Å². The molecule has 1 aromatic carbocycles. The Hall–Kier alpha value is -2.83. The lowest BCUT2D eigenvalue weighted by Crippen LogP contribution is -2.32. The third-order valence-corrected chi connectivity index (χ3v) is 4.21. The summed E-state index contributed by atoms with van der Waals surface area (Å²) in [5, 5.41) is 2.87. The van der Waals surface area contributed by atoms with Crippen LogP contribution in [-0.2, 0) is 0 Å². The molecule has 1 aliphatic heterocycles. The Morgan fingerprint density at radius 2 is 2.00 bits per heavy atom. The number of nitrogens with zero attached hydrogens (tertiary/aromatic N) is 4. The minimum absolute atomic E-state index is 0.186. The van der Waals surface area contributed by atoms with Crippen molar-refractivity contribution in [3.63, 3.8) is 0 Å². The lowest BCUT2D eigenvalue weighted by atomic mass is 10.1. The quantitative estimate of drug-likeness (QED) is 0.802. The zero-order chi connectivity index (χ0) is 17.3. The molecular formula is C17H17FN4O2. The number of carbonyl (C=O) groups excluding carboxylic acids is 1. The Morgan fingerprint density at radius 1 is 1.25 bits per heavy atom. The van der Waals surface area contributed by atoms with E-state index in [-0.39, 0.29) is 11.6 Å². The number of nitroso groups, excluding NO2 is 1. The highest BCUT2D eigenvalue weighted by atomic mass is 19.1. The highest BCUT2D eigenvalue weighted by Gasteiger charge is 2.32. The minimum Gasteiger partial charge on any atom is -0.292 e. The van der Waals surface area contributed by atoms with Gasteiger partial charge in [0.25, 0.3) is 0 Å². The number of carbonyl (C=O) groups is 1. The molecule has 1 fully saturated rings. The van der Waals surface area contributed by atoms with Crippen LogP contribution in [-0.4, -0.2) is 24.1 Å². The van der Waals surface area contributed by atoms with Gasteiger partial charge in [-0.05, 0) is 43.7 Å². The van der Waals surface area contributed by atoms with Crippen molar-refractivity contribution < 1.29 is 9.18 Å². The fourth-order valence-electron chi connectivity index (χ4n) is 2.81. The van der Waals surface area contributed by atoms with Gasteiger partial charge in [-0.15, -0.1) is 0 Å². The van der Waals surface area contributed by atoms with E-state index in [1.165, 1.54) is 25.1 Å². The molecule has 0 spiro atoms. The molecule has 2 heterocycles. The van der Waals surface area contributed by atoms with Crippen LogP contribution in [0.2, 0.25) is 0 Å².